The lowest BCUT2D eigenvalue weighted by Crippen LogP contribution is -2.44. The molecule has 1 aromatic rings. The van der Waals surface area contributed by atoms with Crippen LogP contribution in [0.15, 0.2) is 24.3 Å². The van der Waals surface area contributed by atoms with Crippen molar-refractivity contribution in [2.45, 2.75) is 44.6 Å². The maximum Gasteiger partial charge on any atom is 0.251 e. The number of hydrogen-bond donors (Lipinski definition) is 0. The molecule has 4 nitrogen and oxygen atoms in total. The molecule has 1 aromatic carbocycles. The van der Waals surface area contributed by atoms with E-state index in [1.165, 1.54) is 6.07 Å². The summed E-state index contributed by atoms with van der Waals surface area (Å²) < 4.78 is 18.9. The van der Waals surface area contributed by atoms with Gasteiger partial charge in [0.2, 0.25) is 0 Å². The maximum absolute atomic E-state index is 13.3. The molecule has 1 atom stereocenters. The lowest BCUT2D eigenvalue weighted by Gasteiger charge is -2.35. The van der Waals surface area contributed by atoms with Gasteiger partial charge in [0.25, 0.3) is 5.91 Å². The van der Waals surface area contributed by atoms with Gasteiger partial charge < -0.3 is 14.5 Å². The Hall–Kier alpha value is -1.46. The Morgan fingerprint density at radius 1 is 1.27 bits per heavy atom. The van der Waals surface area contributed by atoms with E-state index < -0.39 is 0 Å². The number of carbonyl (C=O) groups excluding carboxylic acids is 1. The Labute approximate surface area is 156 Å². The molecule has 0 radical (unpaired) electrons. The predicted molar refractivity (Wildman–Crippen MR) is 100 cm³/mol. The molecular formula is C21H31FN2O2. The van der Waals surface area contributed by atoms with E-state index in [-0.39, 0.29) is 17.8 Å². The van der Waals surface area contributed by atoms with E-state index in [2.05, 4.69) is 4.90 Å². The molecule has 0 spiro atoms. The van der Waals surface area contributed by atoms with E-state index in [1.807, 2.05) is 18.0 Å². The van der Waals surface area contributed by atoms with E-state index >= 15 is 0 Å². The van der Waals surface area contributed by atoms with Gasteiger partial charge in [0.05, 0.1) is 0 Å². The zero-order valence-corrected chi connectivity index (χ0v) is 15.8. The van der Waals surface area contributed by atoms with Crippen molar-refractivity contribution in [3.8, 4) is 0 Å². The maximum atomic E-state index is 13.3. The molecule has 144 valence electrons. The molecule has 0 N–H and O–H groups in total. The van der Waals surface area contributed by atoms with E-state index in [1.54, 1.807) is 12.1 Å². The van der Waals surface area contributed by atoms with Crippen LogP contribution in [0.1, 0.15) is 37.7 Å². The summed E-state index contributed by atoms with van der Waals surface area (Å²) in [5.41, 5.74) is 1.06. The van der Waals surface area contributed by atoms with Crippen LogP contribution >= 0.6 is 0 Å². The average molecular weight is 362 g/mol. The summed E-state index contributed by atoms with van der Waals surface area (Å²) in [7, 11) is 1.91. The van der Waals surface area contributed by atoms with Crippen LogP contribution in [0.2, 0.25) is 0 Å². The summed E-state index contributed by atoms with van der Waals surface area (Å²) in [6, 6.07) is 6.88. The molecule has 1 unspecified atom stereocenters. The zero-order valence-electron chi connectivity index (χ0n) is 15.8. The first kappa shape index (κ1) is 19.3. The fraction of sp³-hybridized carbons (Fsp3) is 0.667. The Morgan fingerprint density at radius 2 is 2.08 bits per heavy atom. The van der Waals surface area contributed by atoms with Crippen molar-refractivity contribution >= 4 is 5.91 Å². The van der Waals surface area contributed by atoms with E-state index in [0.717, 1.165) is 70.3 Å². The van der Waals surface area contributed by atoms with Crippen LogP contribution in [0.3, 0.4) is 0 Å². The highest BCUT2D eigenvalue weighted by atomic mass is 19.1. The van der Waals surface area contributed by atoms with E-state index in [0.29, 0.717) is 12.5 Å². The Bertz CT molecular complexity index is 581. The highest BCUT2D eigenvalue weighted by Gasteiger charge is 2.27. The fourth-order valence-electron chi connectivity index (χ4n) is 4.03. The van der Waals surface area contributed by atoms with Gasteiger partial charge in [-0.05, 0) is 75.2 Å². The number of benzene rings is 1. The summed E-state index contributed by atoms with van der Waals surface area (Å²) in [4.78, 5) is 16.8. The molecule has 5 heteroatoms. The fourth-order valence-corrected chi connectivity index (χ4v) is 4.03. The second-order valence-electron chi connectivity index (χ2n) is 7.74. The van der Waals surface area contributed by atoms with E-state index in [4.69, 9.17) is 4.74 Å². The van der Waals surface area contributed by atoms with Gasteiger partial charge in [-0.1, -0.05) is 12.1 Å². The van der Waals surface area contributed by atoms with Gasteiger partial charge in [0.1, 0.15) is 11.9 Å². The van der Waals surface area contributed by atoms with Crippen LogP contribution in [-0.4, -0.2) is 61.6 Å². The van der Waals surface area contributed by atoms with Gasteiger partial charge in [0, 0.05) is 26.7 Å². The number of piperidine rings is 1. The number of rotatable bonds is 6. The summed E-state index contributed by atoms with van der Waals surface area (Å²) in [5.74, 6) is 0.562. The number of amides is 1. The SMILES string of the molecule is CN(CC1CCN(CCc2cccc(F)c2)CC1)C(=O)C1CCCCO1. The topological polar surface area (TPSA) is 32.8 Å². The molecule has 2 fully saturated rings. The van der Waals surface area contributed by atoms with Crippen LogP contribution in [0.5, 0.6) is 0 Å². The predicted octanol–water partition coefficient (Wildman–Crippen LogP) is 3.11. The molecule has 0 aromatic heterocycles. The molecule has 0 bridgehead atoms. The third-order valence-electron chi connectivity index (χ3n) is 5.68. The molecule has 0 saturated carbocycles. The zero-order chi connectivity index (χ0) is 18.4. The van der Waals surface area contributed by atoms with Crippen LogP contribution in [-0.2, 0) is 16.0 Å². The number of likely N-dealkylation sites (N-methyl/N-ethyl adjacent to an activating group) is 1. The Balaban J connectivity index is 1.37. The molecule has 1 amide bonds. The van der Waals surface area contributed by atoms with Crippen LogP contribution < -0.4 is 0 Å². The number of hydrogen-bond acceptors (Lipinski definition) is 3. The molecule has 2 heterocycles. The van der Waals surface area contributed by atoms with Crippen molar-refractivity contribution in [3.63, 3.8) is 0 Å². The lowest BCUT2D eigenvalue weighted by molar-refractivity contribution is -0.145. The smallest absolute Gasteiger partial charge is 0.251 e. The average Bonchev–Trinajstić information content (AvgIpc) is 2.67. The first-order valence-corrected chi connectivity index (χ1v) is 9.95. The second kappa shape index (κ2) is 9.47. The van der Waals surface area contributed by atoms with Crippen LogP contribution in [0.25, 0.3) is 0 Å². The minimum atomic E-state index is -0.222. The van der Waals surface area contributed by atoms with Crippen LogP contribution in [0.4, 0.5) is 4.39 Å². The number of nitrogens with zero attached hydrogens (tertiary/aromatic N) is 2. The minimum Gasteiger partial charge on any atom is -0.368 e. The normalized spacial score (nSPS) is 22.3. The highest BCUT2D eigenvalue weighted by molar-refractivity contribution is 5.80. The van der Waals surface area contributed by atoms with Gasteiger partial charge in [-0.2, -0.15) is 0 Å². The van der Waals surface area contributed by atoms with Gasteiger partial charge in [0.15, 0.2) is 0 Å². The standard InChI is InChI=1S/C21H31FN2O2/c1-23(21(25)20-7-2-3-14-26-20)16-18-9-12-24(13-10-18)11-8-17-5-4-6-19(22)15-17/h4-6,15,18,20H,2-3,7-14,16H2,1H3. The van der Waals surface area contributed by atoms with Gasteiger partial charge in [-0.25, -0.2) is 4.39 Å². The third kappa shape index (κ3) is 5.52. The molecule has 26 heavy (non-hydrogen) atoms. The highest BCUT2D eigenvalue weighted by Crippen LogP contribution is 2.20. The summed E-state index contributed by atoms with van der Waals surface area (Å²) in [6.07, 6.45) is 5.93. The molecule has 3 rings (SSSR count). The first-order valence-electron chi connectivity index (χ1n) is 9.95. The number of likely N-dealkylation sites (tertiary alicyclic amines) is 1. The lowest BCUT2D eigenvalue weighted by atomic mass is 9.95. The second-order valence-corrected chi connectivity index (χ2v) is 7.74. The summed E-state index contributed by atoms with van der Waals surface area (Å²) in [5, 5.41) is 0. The largest absolute Gasteiger partial charge is 0.368 e. The Kier molecular flexibility index (Phi) is 7.03. The number of ether oxygens (including phenoxy) is 1. The first-order chi connectivity index (χ1) is 12.6. The minimum absolute atomic E-state index is 0.151. The quantitative estimate of drug-likeness (QED) is 0.780. The van der Waals surface area contributed by atoms with Crippen molar-refractivity contribution in [2.75, 3.05) is 39.8 Å². The van der Waals surface area contributed by atoms with Crippen molar-refractivity contribution < 1.29 is 13.9 Å². The van der Waals surface area contributed by atoms with Crippen molar-refractivity contribution in [1.82, 2.24) is 9.80 Å². The summed E-state index contributed by atoms with van der Waals surface area (Å²) >= 11 is 0. The van der Waals surface area contributed by atoms with E-state index in [9.17, 15) is 9.18 Å². The molecule has 2 aliphatic rings. The van der Waals surface area contributed by atoms with Crippen molar-refractivity contribution in [1.29, 1.82) is 0 Å². The Morgan fingerprint density at radius 3 is 2.77 bits per heavy atom. The van der Waals surface area contributed by atoms with Crippen molar-refractivity contribution in [3.05, 3.63) is 35.6 Å². The van der Waals surface area contributed by atoms with Gasteiger partial charge >= 0.3 is 0 Å². The van der Waals surface area contributed by atoms with Gasteiger partial charge in [-0.15, -0.1) is 0 Å². The van der Waals surface area contributed by atoms with Crippen LogP contribution in [0, 0.1) is 11.7 Å². The van der Waals surface area contributed by atoms with Crippen molar-refractivity contribution in [2.24, 2.45) is 5.92 Å². The number of carbonyl (C=O) groups is 1. The number of halogens is 1. The molecule has 0 aliphatic carbocycles. The van der Waals surface area contributed by atoms with Gasteiger partial charge in [-0.3, -0.25) is 4.79 Å². The summed E-state index contributed by atoms with van der Waals surface area (Å²) in [6.45, 7) is 4.63. The monoisotopic (exact) mass is 362 g/mol. The molecule has 2 saturated heterocycles. The molecule has 2 aliphatic heterocycles. The molecular weight excluding hydrogens is 331 g/mol. The third-order valence-corrected chi connectivity index (χ3v) is 5.68.